The van der Waals surface area contributed by atoms with Crippen LogP contribution in [0.15, 0.2) is 48.8 Å². The molecule has 1 amide bonds. The Hall–Kier alpha value is -3.68. The van der Waals surface area contributed by atoms with Gasteiger partial charge in [-0.3, -0.25) is 14.6 Å². The third-order valence-electron chi connectivity index (χ3n) is 4.68. The maximum Gasteiger partial charge on any atom is 0.261 e. The molecule has 2 heterocycles. The summed E-state index contributed by atoms with van der Waals surface area (Å²) in [5.74, 6) is -1.67. The molecule has 0 unspecified atom stereocenters. The molecule has 3 rings (SSSR count). The van der Waals surface area contributed by atoms with Crippen LogP contribution in [-0.2, 0) is 11.2 Å². The highest BCUT2D eigenvalue weighted by molar-refractivity contribution is 6.09. The number of carbonyl (C=O) groups is 2. The number of nitrogens with zero attached hydrogens (tertiary/aromatic N) is 4. The number of Topliss-reactive ketones (excluding diaryl/α,β-unsaturated/α-hetero) is 1. The zero-order chi connectivity index (χ0) is 22.7. The fraction of sp³-hybridized carbons (Fsp3) is 0.217. The molecule has 0 saturated carbocycles. The van der Waals surface area contributed by atoms with E-state index in [9.17, 15) is 18.4 Å². The molecule has 160 valence electrons. The van der Waals surface area contributed by atoms with Crippen molar-refractivity contribution in [3.05, 3.63) is 71.7 Å². The van der Waals surface area contributed by atoms with E-state index in [0.29, 0.717) is 17.1 Å². The molecule has 3 aromatic rings. The van der Waals surface area contributed by atoms with Gasteiger partial charge in [0.15, 0.2) is 0 Å². The van der Waals surface area contributed by atoms with Crippen molar-refractivity contribution in [1.82, 2.24) is 9.97 Å². The zero-order valence-electron chi connectivity index (χ0n) is 17.7. The van der Waals surface area contributed by atoms with Crippen LogP contribution in [0.5, 0.6) is 0 Å². The van der Waals surface area contributed by atoms with Crippen LogP contribution in [0.25, 0.3) is 11.1 Å². The molecule has 0 bridgehead atoms. The Labute approximate surface area is 179 Å². The molecule has 0 atom stereocenters. The number of hydrogen-bond donors (Lipinski definition) is 0. The van der Waals surface area contributed by atoms with Gasteiger partial charge in [0.2, 0.25) is 0 Å². The van der Waals surface area contributed by atoms with Crippen molar-refractivity contribution in [2.45, 2.75) is 13.3 Å². The molecule has 1 aromatic carbocycles. The standard InChI is InChI=1S/C23H22F2N4O2/c1-14(30)9-18-10-15(7-8-26-18)16-11-19(22(27-13-16)28(2)3)23(31)29(4)21-6-5-17(24)12-20(21)25/h5-8,10-13H,9H2,1-4H3. The minimum Gasteiger partial charge on any atom is -0.362 e. The number of halogens is 2. The number of amides is 1. The molecule has 0 aliphatic carbocycles. The summed E-state index contributed by atoms with van der Waals surface area (Å²) in [5, 5.41) is 0. The van der Waals surface area contributed by atoms with Gasteiger partial charge in [-0.1, -0.05) is 0 Å². The second kappa shape index (κ2) is 8.99. The first-order valence-corrected chi connectivity index (χ1v) is 9.52. The summed E-state index contributed by atoms with van der Waals surface area (Å²) in [4.78, 5) is 36.1. The average molecular weight is 424 g/mol. The lowest BCUT2D eigenvalue weighted by Crippen LogP contribution is -2.29. The van der Waals surface area contributed by atoms with Crippen LogP contribution >= 0.6 is 0 Å². The maximum atomic E-state index is 14.2. The molecular formula is C23H22F2N4O2. The van der Waals surface area contributed by atoms with E-state index in [4.69, 9.17) is 0 Å². The van der Waals surface area contributed by atoms with Crippen LogP contribution in [0.3, 0.4) is 0 Å². The molecule has 6 nitrogen and oxygen atoms in total. The van der Waals surface area contributed by atoms with Gasteiger partial charge >= 0.3 is 0 Å². The summed E-state index contributed by atoms with van der Waals surface area (Å²) in [5.41, 5.74) is 2.20. The summed E-state index contributed by atoms with van der Waals surface area (Å²) < 4.78 is 27.5. The van der Waals surface area contributed by atoms with Crippen molar-refractivity contribution < 1.29 is 18.4 Å². The second-order valence-electron chi connectivity index (χ2n) is 7.36. The van der Waals surface area contributed by atoms with Crippen LogP contribution in [0.4, 0.5) is 20.3 Å². The van der Waals surface area contributed by atoms with Gasteiger partial charge in [0.1, 0.15) is 23.2 Å². The molecule has 2 aromatic heterocycles. The monoisotopic (exact) mass is 424 g/mol. The fourth-order valence-corrected chi connectivity index (χ4v) is 3.18. The Kier molecular flexibility index (Phi) is 6.39. The van der Waals surface area contributed by atoms with Crippen molar-refractivity contribution in [3.8, 4) is 11.1 Å². The highest BCUT2D eigenvalue weighted by Gasteiger charge is 2.22. The van der Waals surface area contributed by atoms with E-state index in [0.717, 1.165) is 22.6 Å². The zero-order valence-corrected chi connectivity index (χ0v) is 17.7. The van der Waals surface area contributed by atoms with E-state index in [1.165, 1.54) is 20.0 Å². The largest absolute Gasteiger partial charge is 0.362 e. The Bertz CT molecular complexity index is 1150. The van der Waals surface area contributed by atoms with Crippen molar-refractivity contribution in [3.63, 3.8) is 0 Å². The molecule has 0 aliphatic heterocycles. The number of rotatable bonds is 6. The molecule has 0 radical (unpaired) electrons. The lowest BCUT2D eigenvalue weighted by atomic mass is 10.0. The SMILES string of the molecule is CC(=O)Cc1cc(-c2cnc(N(C)C)c(C(=O)N(C)c3ccc(F)cc3F)c2)ccn1. The molecule has 0 aliphatic rings. The Morgan fingerprint density at radius 2 is 1.71 bits per heavy atom. The number of pyridine rings is 2. The summed E-state index contributed by atoms with van der Waals surface area (Å²) in [6.45, 7) is 1.49. The number of anilines is 2. The predicted molar refractivity (Wildman–Crippen MR) is 115 cm³/mol. The van der Waals surface area contributed by atoms with Gasteiger partial charge in [-0.2, -0.15) is 0 Å². The normalized spacial score (nSPS) is 10.6. The molecule has 0 spiro atoms. The van der Waals surface area contributed by atoms with Crippen LogP contribution in [0.2, 0.25) is 0 Å². The summed E-state index contributed by atoms with van der Waals surface area (Å²) in [7, 11) is 4.91. The highest BCUT2D eigenvalue weighted by Crippen LogP contribution is 2.28. The van der Waals surface area contributed by atoms with Crippen LogP contribution in [-0.4, -0.2) is 42.8 Å². The molecule has 31 heavy (non-hydrogen) atoms. The van der Waals surface area contributed by atoms with Gasteiger partial charge in [0.05, 0.1) is 11.3 Å². The quantitative estimate of drug-likeness (QED) is 0.601. The Morgan fingerprint density at radius 1 is 0.968 bits per heavy atom. The van der Waals surface area contributed by atoms with E-state index in [1.807, 2.05) is 0 Å². The molecule has 0 saturated heterocycles. The van der Waals surface area contributed by atoms with Gasteiger partial charge in [0.25, 0.3) is 5.91 Å². The van der Waals surface area contributed by atoms with Gasteiger partial charge in [-0.25, -0.2) is 13.8 Å². The van der Waals surface area contributed by atoms with Crippen LogP contribution in [0, 0.1) is 11.6 Å². The van der Waals surface area contributed by atoms with E-state index < -0.39 is 17.5 Å². The lowest BCUT2D eigenvalue weighted by molar-refractivity contribution is -0.116. The van der Waals surface area contributed by atoms with E-state index in [1.54, 1.807) is 49.6 Å². The summed E-state index contributed by atoms with van der Waals surface area (Å²) >= 11 is 0. The third-order valence-corrected chi connectivity index (χ3v) is 4.68. The van der Waals surface area contributed by atoms with Crippen LogP contribution in [0.1, 0.15) is 23.0 Å². The Morgan fingerprint density at radius 3 is 2.35 bits per heavy atom. The van der Waals surface area contributed by atoms with Gasteiger partial charge < -0.3 is 9.80 Å². The fourth-order valence-electron chi connectivity index (χ4n) is 3.18. The van der Waals surface area contributed by atoms with E-state index in [2.05, 4.69) is 9.97 Å². The van der Waals surface area contributed by atoms with Crippen molar-refractivity contribution in [1.29, 1.82) is 0 Å². The smallest absolute Gasteiger partial charge is 0.261 e. The maximum absolute atomic E-state index is 14.2. The van der Waals surface area contributed by atoms with E-state index in [-0.39, 0.29) is 23.5 Å². The first-order valence-electron chi connectivity index (χ1n) is 9.52. The minimum atomic E-state index is -0.839. The van der Waals surface area contributed by atoms with Gasteiger partial charge in [-0.15, -0.1) is 0 Å². The van der Waals surface area contributed by atoms with E-state index >= 15 is 0 Å². The third kappa shape index (κ3) is 4.91. The summed E-state index contributed by atoms with van der Waals surface area (Å²) in [6.07, 6.45) is 3.42. The predicted octanol–water partition coefficient (Wildman–Crippen LogP) is 3.90. The second-order valence-corrected chi connectivity index (χ2v) is 7.36. The number of benzene rings is 1. The van der Waals surface area contributed by atoms with Crippen LogP contribution < -0.4 is 9.80 Å². The molecule has 8 heteroatoms. The number of aromatic nitrogens is 2. The molecule has 0 N–H and O–H groups in total. The van der Waals surface area contributed by atoms with Crippen molar-refractivity contribution >= 4 is 23.2 Å². The first kappa shape index (κ1) is 22.0. The van der Waals surface area contributed by atoms with Gasteiger partial charge in [0, 0.05) is 57.3 Å². The van der Waals surface area contributed by atoms with Crippen molar-refractivity contribution in [2.24, 2.45) is 0 Å². The Balaban J connectivity index is 2.04. The number of hydrogen-bond acceptors (Lipinski definition) is 5. The number of carbonyl (C=O) groups excluding carboxylic acids is 2. The highest BCUT2D eigenvalue weighted by atomic mass is 19.1. The molecular weight excluding hydrogens is 402 g/mol. The molecule has 0 fully saturated rings. The average Bonchev–Trinajstić information content (AvgIpc) is 2.72. The van der Waals surface area contributed by atoms with Gasteiger partial charge in [-0.05, 0) is 42.8 Å². The number of ketones is 1. The summed E-state index contributed by atoms with van der Waals surface area (Å²) in [6, 6.07) is 8.23. The topological polar surface area (TPSA) is 66.4 Å². The lowest BCUT2D eigenvalue weighted by Gasteiger charge is -2.22. The minimum absolute atomic E-state index is 0.00968. The van der Waals surface area contributed by atoms with Crippen molar-refractivity contribution in [2.75, 3.05) is 30.9 Å². The first-order chi connectivity index (χ1) is 14.7.